The van der Waals surface area contributed by atoms with Crippen LogP contribution in [-0.2, 0) is 4.79 Å². The largest absolute Gasteiger partial charge is 0.299 e. The average Bonchev–Trinajstić information content (AvgIpc) is 2.02. The lowest BCUT2D eigenvalue weighted by Crippen LogP contribution is -2.39. The van der Waals surface area contributed by atoms with Crippen molar-refractivity contribution in [2.75, 3.05) is 0 Å². The van der Waals surface area contributed by atoms with E-state index in [1.165, 1.54) is 12.0 Å². The van der Waals surface area contributed by atoms with Gasteiger partial charge in [-0.2, -0.15) is 0 Å². The van der Waals surface area contributed by atoms with Gasteiger partial charge in [0.15, 0.2) is 0 Å². The van der Waals surface area contributed by atoms with Crippen molar-refractivity contribution in [3.05, 3.63) is 11.6 Å². The molecule has 0 aliphatic heterocycles. The van der Waals surface area contributed by atoms with Crippen LogP contribution < -0.4 is 0 Å². The SMILES string of the molecule is CC1=CC[C@H]2C(=O)CCC[C@@]2(C)C1. The van der Waals surface area contributed by atoms with Gasteiger partial charge in [0.25, 0.3) is 0 Å². The summed E-state index contributed by atoms with van der Waals surface area (Å²) in [7, 11) is 0. The first-order valence-corrected chi connectivity index (χ1v) is 5.30. The number of ketones is 1. The third kappa shape index (κ3) is 1.45. The smallest absolute Gasteiger partial charge is 0.136 e. The lowest BCUT2D eigenvalue weighted by atomic mass is 9.60. The van der Waals surface area contributed by atoms with Crippen LogP contribution in [0.3, 0.4) is 0 Å². The Bertz CT molecular complexity index is 264. The van der Waals surface area contributed by atoms with Gasteiger partial charge >= 0.3 is 0 Å². The van der Waals surface area contributed by atoms with E-state index >= 15 is 0 Å². The summed E-state index contributed by atoms with van der Waals surface area (Å²) in [4.78, 5) is 11.7. The highest BCUT2D eigenvalue weighted by Crippen LogP contribution is 2.48. The van der Waals surface area contributed by atoms with E-state index in [1.807, 2.05) is 0 Å². The highest BCUT2D eigenvalue weighted by atomic mass is 16.1. The number of hydrogen-bond donors (Lipinski definition) is 0. The first-order valence-electron chi connectivity index (χ1n) is 5.30. The molecule has 1 fully saturated rings. The molecular formula is C12H18O. The van der Waals surface area contributed by atoms with Crippen LogP contribution in [0.4, 0.5) is 0 Å². The van der Waals surface area contributed by atoms with Crippen LogP contribution in [0.5, 0.6) is 0 Å². The predicted octanol–water partition coefficient (Wildman–Crippen LogP) is 3.10. The summed E-state index contributed by atoms with van der Waals surface area (Å²) in [6.07, 6.45) is 7.58. The van der Waals surface area contributed by atoms with Gasteiger partial charge in [0.05, 0.1) is 0 Å². The second kappa shape index (κ2) is 2.97. The molecule has 1 nitrogen and oxygen atoms in total. The summed E-state index contributed by atoms with van der Waals surface area (Å²) >= 11 is 0. The molecule has 0 aromatic heterocycles. The molecule has 0 amide bonds. The topological polar surface area (TPSA) is 17.1 Å². The number of fused-ring (bicyclic) bond motifs is 1. The first kappa shape index (κ1) is 8.98. The third-order valence-electron chi connectivity index (χ3n) is 3.79. The maximum absolute atomic E-state index is 11.7. The van der Waals surface area contributed by atoms with Crippen molar-refractivity contribution in [2.45, 2.75) is 46.0 Å². The molecule has 1 saturated carbocycles. The second-order valence-electron chi connectivity index (χ2n) is 4.99. The molecule has 0 N–H and O–H groups in total. The van der Waals surface area contributed by atoms with Crippen molar-refractivity contribution in [2.24, 2.45) is 11.3 Å². The highest BCUT2D eigenvalue weighted by molar-refractivity contribution is 5.83. The van der Waals surface area contributed by atoms with Gasteiger partial charge in [0.2, 0.25) is 0 Å². The van der Waals surface area contributed by atoms with Gasteiger partial charge in [-0.15, -0.1) is 0 Å². The highest BCUT2D eigenvalue weighted by Gasteiger charge is 2.42. The summed E-state index contributed by atoms with van der Waals surface area (Å²) in [5.74, 6) is 0.849. The quantitative estimate of drug-likeness (QED) is 0.521. The monoisotopic (exact) mass is 178 g/mol. The Labute approximate surface area is 80.2 Å². The Morgan fingerprint density at radius 3 is 3.08 bits per heavy atom. The lowest BCUT2D eigenvalue weighted by molar-refractivity contribution is -0.130. The Morgan fingerprint density at radius 2 is 2.31 bits per heavy atom. The minimum Gasteiger partial charge on any atom is -0.299 e. The van der Waals surface area contributed by atoms with Crippen molar-refractivity contribution in [1.82, 2.24) is 0 Å². The third-order valence-corrected chi connectivity index (χ3v) is 3.79. The number of carbonyl (C=O) groups excluding carboxylic acids is 1. The minimum absolute atomic E-state index is 0.300. The van der Waals surface area contributed by atoms with E-state index in [9.17, 15) is 4.79 Å². The Balaban J connectivity index is 2.27. The molecule has 2 aliphatic carbocycles. The molecule has 2 atom stereocenters. The molecule has 2 rings (SSSR count). The number of Topliss-reactive ketones (excluding diaryl/α,β-unsaturated/α-hetero) is 1. The standard InChI is InChI=1S/C12H18O/c1-9-5-6-10-11(13)4-3-7-12(10,2)8-9/h5,10H,3-4,6-8H2,1-2H3/t10-,12-/m0/s1. The fraction of sp³-hybridized carbons (Fsp3) is 0.750. The second-order valence-corrected chi connectivity index (χ2v) is 4.99. The van der Waals surface area contributed by atoms with Crippen molar-refractivity contribution < 1.29 is 4.79 Å². The summed E-state index contributed by atoms with van der Waals surface area (Å²) < 4.78 is 0. The van der Waals surface area contributed by atoms with Crippen molar-refractivity contribution in [3.63, 3.8) is 0 Å². The molecule has 0 unspecified atom stereocenters. The molecule has 0 radical (unpaired) electrons. The summed E-state index contributed by atoms with van der Waals surface area (Å²) in [6.45, 7) is 4.49. The van der Waals surface area contributed by atoms with Gasteiger partial charge in [0.1, 0.15) is 5.78 Å². The lowest BCUT2D eigenvalue weighted by Gasteiger charge is -2.43. The van der Waals surface area contributed by atoms with E-state index in [-0.39, 0.29) is 0 Å². The fourth-order valence-corrected chi connectivity index (χ4v) is 3.06. The molecule has 0 spiro atoms. The van der Waals surface area contributed by atoms with Gasteiger partial charge in [-0.25, -0.2) is 0 Å². The van der Waals surface area contributed by atoms with Gasteiger partial charge in [-0.3, -0.25) is 4.79 Å². The molecule has 2 aliphatic rings. The molecule has 0 bridgehead atoms. The number of rotatable bonds is 0. The van der Waals surface area contributed by atoms with Crippen LogP contribution in [-0.4, -0.2) is 5.78 Å². The van der Waals surface area contributed by atoms with Crippen LogP contribution in [0.25, 0.3) is 0 Å². The van der Waals surface area contributed by atoms with Crippen LogP contribution in [0.2, 0.25) is 0 Å². The average molecular weight is 178 g/mol. The summed E-state index contributed by atoms with van der Waals surface area (Å²) in [6, 6.07) is 0. The zero-order chi connectivity index (χ0) is 9.47. The zero-order valence-corrected chi connectivity index (χ0v) is 8.60. The Hall–Kier alpha value is -0.590. The molecule has 1 heteroatoms. The summed E-state index contributed by atoms with van der Waals surface area (Å²) in [5.41, 5.74) is 1.78. The van der Waals surface area contributed by atoms with E-state index in [2.05, 4.69) is 19.9 Å². The molecule has 0 heterocycles. The van der Waals surface area contributed by atoms with E-state index in [0.29, 0.717) is 17.1 Å². The number of carbonyl (C=O) groups is 1. The van der Waals surface area contributed by atoms with Crippen LogP contribution in [0, 0.1) is 11.3 Å². The molecule has 13 heavy (non-hydrogen) atoms. The van der Waals surface area contributed by atoms with Crippen molar-refractivity contribution in [1.29, 1.82) is 0 Å². The fourth-order valence-electron chi connectivity index (χ4n) is 3.06. The van der Waals surface area contributed by atoms with Crippen molar-refractivity contribution in [3.8, 4) is 0 Å². The van der Waals surface area contributed by atoms with E-state index in [4.69, 9.17) is 0 Å². The molecular weight excluding hydrogens is 160 g/mol. The Morgan fingerprint density at radius 1 is 1.54 bits per heavy atom. The molecule has 0 saturated heterocycles. The number of hydrogen-bond acceptors (Lipinski definition) is 1. The molecule has 72 valence electrons. The Kier molecular flexibility index (Phi) is 2.05. The zero-order valence-electron chi connectivity index (χ0n) is 8.60. The molecule has 0 aromatic rings. The van der Waals surface area contributed by atoms with E-state index < -0.39 is 0 Å². The normalized spacial score (nSPS) is 39.7. The maximum Gasteiger partial charge on any atom is 0.136 e. The van der Waals surface area contributed by atoms with E-state index in [1.54, 1.807) is 0 Å². The number of allylic oxidation sites excluding steroid dienone is 2. The first-order chi connectivity index (χ1) is 6.12. The van der Waals surface area contributed by atoms with E-state index in [0.717, 1.165) is 25.7 Å². The van der Waals surface area contributed by atoms with Crippen LogP contribution >= 0.6 is 0 Å². The van der Waals surface area contributed by atoms with Gasteiger partial charge in [-0.05, 0) is 38.0 Å². The summed E-state index contributed by atoms with van der Waals surface area (Å²) in [5, 5.41) is 0. The van der Waals surface area contributed by atoms with Gasteiger partial charge in [-0.1, -0.05) is 18.6 Å². The minimum atomic E-state index is 0.300. The van der Waals surface area contributed by atoms with Crippen LogP contribution in [0.1, 0.15) is 46.0 Å². The van der Waals surface area contributed by atoms with Gasteiger partial charge < -0.3 is 0 Å². The van der Waals surface area contributed by atoms with Gasteiger partial charge in [0, 0.05) is 12.3 Å². The maximum atomic E-state index is 11.7. The predicted molar refractivity (Wildman–Crippen MR) is 53.4 cm³/mol. The molecule has 0 aromatic carbocycles. The van der Waals surface area contributed by atoms with Crippen LogP contribution in [0.15, 0.2) is 11.6 Å². The van der Waals surface area contributed by atoms with Crippen molar-refractivity contribution >= 4 is 5.78 Å².